The van der Waals surface area contributed by atoms with Crippen molar-refractivity contribution >= 4 is 38.6 Å². The number of aliphatic hydroxyl groups is 1. The molecule has 0 unspecified atom stereocenters. The van der Waals surface area contributed by atoms with Crippen LogP contribution in [0, 0.1) is 0 Å². The summed E-state index contributed by atoms with van der Waals surface area (Å²) in [5, 5.41) is 17.0. The van der Waals surface area contributed by atoms with E-state index in [1.54, 1.807) is 6.20 Å². The van der Waals surface area contributed by atoms with Gasteiger partial charge >= 0.3 is 6.03 Å². The highest BCUT2D eigenvalue weighted by molar-refractivity contribution is 9.10. The van der Waals surface area contributed by atoms with E-state index in [9.17, 15) is 9.90 Å². The highest BCUT2D eigenvalue weighted by Crippen LogP contribution is 2.31. The van der Waals surface area contributed by atoms with Crippen molar-refractivity contribution in [2.24, 2.45) is 0 Å². The second-order valence-corrected chi connectivity index (χ2v) is 6.86. The number of aromatic nitrogens is 1. The zero-order valence-electron chi connectivity index (χ0n) is 12.7. The topological polar surface area (TPSA) is 77.2 Å². The van der Waals surface area contributed by atoms with Gasteiger partial charge in [-0.25, -0.2) is 4.79 Å². The maximum Gasteiger partial charge on any atom is 0.319 e. The molecule has 4 N–H and O–H groups in total. The summed E-state index contributed by atoms with van der Waals surface area (Å²) in [6.07, 6.45) is 1.72. The smallest absolute Gasteiger partial charge is 0.319 e. The predicted molar refractivity (Wildman–Crippen MR) is 97.0 cm³/mol. The first kappa shape index (κ1) is 15.2. The van der Waals surface area contributed by atoms with Crippen LogP contribution in [0.2, 0.25) is 0 Å². The molecule has 1 heterocycles. The van der Waals surface area contributed by atoms with Gasteiger partial charge in [-0.2, -0.15) is 0 Å². The lowest BCUT2D eigenvalue weighted by molar-refractivity contribution is 0.145. The Labute approximate surface area is 147 Å². The molecule has 4 rings (SSSR count). The molecule has 122 valence electrons. The molecule has 1 aliphatic carbocycles. The van der Waals surface area contributed by atoms with E-state index >= 15 is 0 Å². The molecule has 2 aromatic carbocycles. The summed E-state index contributed by atoms with van der Waals surface area (Å²) in [7, 11) is 0. The molecule has 0 aliphatic heterocycles. The van der Waals surface area contributed by atoms with Crippen molar-refractivity contribution in [3.8, 4) is 0 Å². The molecule has 3 aromatic rings. The van der Waals surface area contributed by atoms with Gasteiger partial charge in [0.1, 0.15) is 0 Å². The van der Waals surface area contributed by atoms with E-state index < -0.39 is 6.10 Å². The third-order valence-electron chi connectivity index (χ3n) is 4.40. The molecule has 6 heteroatoms. The summed E-state index contributed by atoms with van der Waals surface area (Å²) >= 11 is 3.42. The Bertz CT molecular complexity index is 922. The van der Waals surface area contributed by atoms with Gasteiger partial charge in [0.2, 0.25) is 0 Å². The van der Waals surface area contributed by atoms with E-state index in [1.165, 1.54) is 0 Å². The zero-order valence-corrected chi connectivity index (χ0v) is 14.3. The molecule has 2 amide bonds. The number of amides is 2. The summed E-state index contributed by atoms with van der Waals surface area (Å²) in [4.78, 5) is 15.4. The minimum Gasteiger partial charge on any atom is -0.386 e. The fourth-order valence-electron chi connectivity index (χ4n) is 3.23. The molecule has 0 saturated heterocycles. The normalized spacial score (nSPS) is 19.2. The zero-order chi connectivity index (χ0) is 16.7. The number of carbonyl (C=O) groups excluding carboxylic acids is 1. The first-order valence-electron chi connectivity index (χ1n) is 7.72. The van der Waals surface area contributed by atoms with E-state index in [2.05, 4.69) is 31.5 Å². The van der Waals surface area contributed by atoms with Crippen molar-refractivity contribution in [2.75, 3.05) is 5.32 Å². The van der Waals surface area contributed by atoms with Crippen LogP contribution < -0.4 is 10.6 Å². The number of hydrogen-bond donors (Lipinski definition) is 4. The third-order valence-corrected chi connectivity index (χ3v) is 4.90. The maximum atomic E-state index is 12.3. The molecule has 0 saturated carbocycles. The van der Waals surface area contributed by atoms with Crippen LogP contribution >= 0.6 is 15.9 Å². The summed E-state index contributed by atoms with van der Waals surface area (Å²) in [6, 6.07) is 12.9. The van der Waals surface area contributed by atoms with Crippen LogP contribution in [-0.2, 0) is 6.42 Å². The molecule has 24 heavy (non-hydrogen) atoms. The average Bonchev–Trinajstić information content (AvgIpc) is 3.09. The Morgan fingerprint density at radius 2 is 2.08 bits per heavy atom. The number of benzene rings is 2. The van der Waals surface area contributed by atoms with Crippen molar-refractivity contribution in [1.82, 2.24) is 10.3 Å². The Hall–Kier alpha value is -2.31. The van der Waals surface area contributed by atoms with Crippen LogP contribution in [-0.4, -0.2) is 22.2 Å². The summed E-state index contributed by atoms with van der Waals surface area (Å²) in [6.45, 7) is 0. The van der Waals surface area contributed by atoms with Gasteiger partial charge < -0.3 is 20.7 Å². The number of carbonyl (C=O) groups is 1. The van der Waals surface area contributed by atoms with Crippen LogP contribution in [0.1, 0.15) is 17.2 Å². The first-order valence-corrected chi connectivity index (χ1v) is 8.51. The lowest BCUT2D eigenvalue weighted by Gasteiger charge is -2.17. The van der Waals surface area contributed by atoms with Crippen molar-refractivity contribution < 1.29 is 9.90 Å². The third kappa shape index (κ3) is 2.68. The minimum absolute atomic E-state index is 0.318. The van der Waals surface area contributed by atoms with Gasteiger partial charge in [-0.05, 0) is 35.7 Å². The minimum atomic E-state index is -0.675. The van der Waals surface area contributed by atoms with Crippen LogP contribution in [0.4, 0.5) is 10.5 Å². The molecule has 0 radical (unpaired) electrons. The largest absolute Gasteiger partial charge is 0.386 e. The number of nitrogens with one attached hydrogen (secondary N) is 3. The van der Waals surface area contributed by atoms with Gasteiger partial charge in [-0.1, -0.05) is 40.2 Å². The molecule has 0 fully saturated rings. The number of H-pyrrole nitrogens is 1. The average molecular weight is 386 g/mol. The van der Waals surface area contributed by atoms with Crippen molar-refractivity contribution in [1.29, 1.82) is 0 Å². The second kappa shape index (κ2) is 5.96. The highest BCUT2D eigenvalue weighted by Gasteiger charge is 2.31. The molecule has 0 spiro atoms. The highest BCUT2D eigenvalue weighted by atomic mass is 79.9. The van der Waals surface area contributed by atoms with Crippen molar-refractivity contribution in [2.45, 2.75) is 18.6 Å². The van der Waals surface area contributed by atoms with Crippen LogP contribution in [0.15, 0.2) is 53.1 Å². The van der Waals surface area contributed by atoms with Crippen molar-refractivity contribution in [3.63, 3.8) is 0 Å². The second-order valence-electron chi connectivity index (χ2n) is 5.94. The van der Waals surface area contributed by atoms with E-state index in [-0.39, 0.29) is 12.1 Å². The Morgan fingerprint density at radius 3 is 2.92 bits per heavy atom. The molecule has 0 bridgehead atoms. The fourth-order valence-corrected chi connectivity index (χ4v) is 3.59. The monoisotopic (exact) mass is 385 g/mol. The molecule has 2 atom stereocenters. The summed E-state index contributed by atoms with van der Waals surface area (Å²) in [5.41, 5.74) is 3.61. The molecular weight excluding hydrogens is 370 g/mol. The predicted octanol–water partition coefficient (Wildman–Crippen LogP) is 3.71. The summed E-state index contributed by atoms with van der Waals surface area (Å²) in [5.74, 6) is 0. The lowest BCUT2D eigenvalue weighted by atomic mass is 10.1. The number of hydrogen-bond acceptors (Lipinski definition) is 2. The van der Waals surface area contributed by atoms with Gasteiger partial charge in [0.15, 0.2) is 0 Å². The van der Waals surface area contributed by atoms with Crippen LogP contribution in [0.5, 0.6) is 0 Å². The number of fused-ring (bicyclic) bond motifs is 2. The summed E-state index contributed by atoms with van der Waals surface area (Å²) < 4.78 is 0.972. The SMILES string of the molecule is O=C(Nc1c[nH]c2cc(Br)ccc12)N[C@H]1Cc2ccccc2[C@@H]1O. The number of anilines is 1. The van der Waals surface area contributed by atoms with E-state index in [0.717, 1.165) is 26.5 Å². The maximum absolute atomic E-state index is 12.3. The van der Waals surface area contributed by atoms with Gasteiger partial charge in [0.25, 0.3) is 0 Å². The van der Waals surface area contributed by atoms with E-state index in [1.807, 2.05) is 42.5 Å². The molecule has 5 nitrogen and oxygen atoms in total. The Balaban J connectivity index is 1.47. The Morgan fingerprint density at radius 1 is 1.25 bits per heavy atom. The molecule has 1 aromatic heterocycles. The number of urea groups is 1. The fraction of sp³-hybridized carbons (Fsp3) is 0.167. The number of rotatable bonds is 2. The number of aromatic amines is 1. The molecule has 1 aliphatic rings. The Kier molecular flexibility index (Phi) is 3.78. The van der Waals surface area contributed by atoms with Crippen LogP contribution in [0.3, 0.4) is 0 Å². The first-order chi connectivity index (χ1) is 11.6. The standard InChI is InChI=1S/C18H16BrN3O2/c19-11-5-6-13-14(8-11)20-9-16(13)22-18(24)21-15-7-10-3-1-2-4-12(10)17(15)23/h1-6,8-9,15,17,20,23H,7H2,(H2,21,22,24)/t15-,17-/m0/s1. The number of halogens is 1. The quantitative estimate of drug-likeness (QED) is 0.542. The van der Waals surface area contributed by atoms with E-state index in [4.69, 9.17) is 0 Å². The van der Waals surface area contributed by atoms with Gasteiger partial charge in [-0.3, -0.25) is 0 Å². The van der Waals surface area contributed by atoms with Gasteiger partial charge in [0, 0.05) is 21.6 Å². The van der Waals surface area contributed by atoms with Gasteiger partial charge in [0.05, 0.1) is 17.8 Å². The van der Waals surface area contributed by atoms with Crippen LogP contribution in [0.25, 0.3) is 10.9 Å². The lowest BCUT2D eigenvalue weighted by Crippen LogP contribution is -2.40. The van der Waals surface area contributed by atoms with Crippen molar-refractivity contribution in [3.05, 3.63) is 64.3 Å². The van der Waals surface area contributed by atoms with Gasteiger partial charge in [-0.15, -0.1) is 0 Å². The van der Waals surface area contributed by atoms with E-state index in [0.29, 0.717) is 12.1 Å². The molecular formula is C18H16BrN3O2. The number of aliphatic hydroxyl groups excluding tert-OH is 1.